The largest absolute Gasteiger partial charge is 0.497 e. The monoisotopic (exact) mass is 498 g/mol. The molecular formula is C28H23ClN4O3. The Balaban J connectivity index is 1.67. The highest BCUT2D eigenvalue weighted by molar-refractivity contribution is 6.30. The molecule has 0 unspecified atom stereocenters. The maximum Gasteiger partial charge on any atom is 0.266 e. The Morgan fingerprint density at radius 1 is 1.08 bits per heavy atom. The average Bonchev–Trinajstić information content (AvgIpc) is 3.31. The van der Waals surface area contributed by atoms with Crippen molar-refractivity contribution in [2.24, 2.45) is 0 Å². The number of rotatable bonds is 8. The van der Waals surface area contributed by atoms with Crippen molar-refractivity contribution in [1.29, 1.82) is 5.26 Å². The Hall–Kier alpha value is -4.54. The summed E-state index contributed by atoms with van der Waals surface area (Å²) in [6.45, 7) is 0.502. The van der Waals surface area contributed by atoms with Gasteiger partial charge in [0.1, 0.15) is 23.1 Å². The van der Waals surface area contributed by atoms with Gasteiger partial charge in [0, 0.05) is 28.4 Å². The summed E-state index contributed by atoms with van der Waals surface area (Å²) in [6, 6.07) is 24.1. The maximum absolute atomic E-state index is 13.0. The first-order chi connectivity index (χ1) is 17.5. The molecule has 0 fully saturated rings. The molecule has 180 valence electrons. The van der Waals surface area contributed by atoms with E-state index in [4.69, 9.17) is 26.2 Å². The van der Waals surface area contributed by atoms with Crippen LogP contribution in [-0.4, -0.2) is 29.9 Å². The van der Waals surface area contributed by atoms with Crippen molar-refractivity contribution in [3.05, 3.63) is 101 Å². The molecule has 0 radical (unpaired) electrons. The summed E-state index contributed by atoms with van der Waals surface area (Å²) in [4.78, 5) is 13.0. The molecule has 0 saturated carbocycles. The van der Waals surface area contributed by atoms with Gasteiger partial charge in [-0.1, -0.05) is 54.1 Å². The zero-order valence-electron chi connectivity index (χ0n) is 19.7. The second-order valence-corrected chi connectivity index (χ2v) is 8.25. The molecular weight excluding hydrogens is 476 g/mol. The number of hydrogen-bond donors (Lipinski definition) is 1. The number of benzene rings is 3. The van der Waals surface area contributed by atoms with Gasteiger partial charge in [0.2, 0.25) is 0 Å². The van der Waals surface area contributed by atoms with Crippen LogP contribution < -0.4 is 14.8 Å². The van der Waals surface area contributed by atoms with E-state index >= 15 is 0 Å². The molecule has 3 aromatic carbocycles. The number of ether oxygens (including phenoxy) is 2. The summed E-state index contributed by atoms with van der Waals surface area (Å²) >= 11 is 6.01. The van der Waals surface area contributed by atoms with E-state index in [2.05, 4.69) is 5.32 Å². The van der Waals surface area contributed by atoms with Crippen LogP contribution in [0.15, 0.2) is 84.6 Å². The smallest absolute Gasteiger partial charge is 0.266 e. The second-order valence-electron chi connectivity index (χ2n) is 7.81. The number of methoxy groups -OCH3 is 2. The Labute approximate surface area is 214 Å². The number of halogens is 1. The average molecular weight is 499 g/mol. The minimum absolute atomic E-state index is 0.0731. The molecule has 0 atom stereocenters. The number of nitriles is 1. The van der Waals surface area contributed by atoms with E-state index in [-0.39, 0.29) is 5.57 Å². The maximum atomic E-state index is 13.0. The first kappa shape index (κ1) is 24.6. The number of aromatic nitrogens is 2. The molecule has 0 aliphatic heterocycles. The van der Waals surface area contributed by atoms with E-state index in [1.165, 1.54) is 7.11 Å². The summed E-state index contributed by atoms with van der Waals surface area (Å²) in [7, 11) is 3.04. The summed E-state index contributed by atoms with van der Waals surface area (Å²) in [5, 5.41) is 17.9. The van der Waals surface area contributed by atoms with Crippen molar-refractivity contribution in [3.8, 4) is 28.8 Å². The minimum Gasteiger partial charge on any atom is -0.497 e. The molecule has 0 bridgehead atoms. The van der Waals surface area contributed by atoms with Crippen LogP contribution in [0.1, 0.15) is 11.1 Å². The molecule has 1 N–H and O–H groups in total. The van der Waals surface area contributed by atoms with E-state index in [9.17, 15) is 10.1 Å². The molecule has 4 aromatic rings. The Kier molecular flexibility index (Phi) is 7.69. The van der Waals surface area contributed by atoms with Gasteiger partial charge in [-0.05, 0) is 35.9 Å². The number of nitrogens with zero attached hydrogens (tertiary/aromatic N) is 3. The first-order valence-electron chi connectivity index (χ1n) is 11.0. The van der Waals surface area contributed by atoms with Crippen LogP contribution in [0.5, 0.6) is 11.5 Å². The zero-order chi connectivity index (χ0) is 25.5. The molecule has 4 rings (SSSR count). The SMILES string of the molecule is COc1ccc(NC(=O)C(C#N)=Cc2cn(Cc3ccc(Cl)cc3)nc2-c2ccccc2)c(OC)c1. The lowest BCUT2D eigenvalue weighted by molar-refractivity contribution is -0.112. The van der Waals surface area contributed by atoms with Gasteiger partial charge in [0.25, 0.3) is 5.91 Å². The van der Waals surface area contributed by atoms with Crippen LogP contribution in [0, 0.1) is 11.3 Å². The van der Waals surface area contributed by atoms with Crippen molar-refractivity contribution in [2.45, 2.75) is 6.54 Å². The van der Waals surface area contributed by atoms with E-state index in [0.717, 1.165) is 11.1 Å². The van der Waals surface area contributed by atoms with Crippen molar-refractivity contribution >= 4 is 29.3 Å². The highest BCUT2D eigenvalue weighted by Crippen LogP contribution is 2.30. The summed E-state index contributed by atoms with van der Waals surface area (Å²) in [5.74, 6) is 0.438. The highest BCUT2D eigenvalue weighted by Gasteiger charge is 2.16. The molecule has 1 heterocycles. The lowest BCUT2D eigenvalue weighted by atomic mass is 10.1. The number of carbonyl (C=O) groups excluding carboxylic acids is 1. The third kappa shape index (κ3) is 5.74. The fraction of sp³-hybridized carbons (Fsp3) is 0.107. The summed E-state index contributed by atoms with van der Waals surface area (Å²) in [6.07, 6.45) is 3.36. The number of hydrogen-bond acceptors (Lipinski definition) is 5. The lowest BCUT2D eigenvalue weighted by Gasteiger charge is -2.11. The lowest BCUT2D eigenvalue weighted by Crippen LogP contribution is -2.14. The predicted octanol–water partition coefficient (Wildman–Crippen LogP) is 5.81. The van der Waals surface area contributed by atoms with Crippen LogP contribution in [0.2, 0.25) is 5.02 Å². The molecule has 0 saturated heterocycles. The molecule has 8 heteroatoms. The van der Waals surface area contributed by atoms with Crippen LogP contribution in [0.25, 0.3) is 17.3 Å². The Bertz CT molecular complexity index is 1440. The summed E-state index contributed by atoms with van der Waals surface area (Å²) < 4.78 is 12.3. The molecule has 1 amide bonds. The predicted molar refractivity (Wildman–Crippen MR) is 140 cm³/mol. The van der Waals surface area contributed by atoms with Gasteiger partial charge in [-0.15, -0.1) is 0 Å². The molecule has 0 spiro atoms. The van der Waals surface area contributed by atoms with E-state index in [0.29, 0.717) is 40.0 Å². The van der Waals surface area contributed by atoms with Gasteiger partial charge < -0.3 is 14.8 Å². The quantitative estimate of drug-likeness (QED) is 0.244. The fourth-order valence-corrected chi connectivity index (χ4v) is 3.74. The van der Waals surface area contributed by atoms with Crippen molar-refractivity contribution < 1.29 is 14.3 Å². The van der Waals surface area contributed by atoms with Gasteiger partial charge >= 0.3 is 0 Å². The molecule has 0 aliphatic rings. The number of amides is 1. The van der Waals surface area contributed by atoms with Crippen LogP contribution in [0.3, 0.4) is 0 Å². The van der Waals surface area contributed by atoms with Gasteiger partial charge in [-0.25, -0.2) is 0 Å². The van der Waals surface area contributed by atoms with Crippen LogP contribution in [0.4, 0.5) is 5.69 Å². The number of anilines is 1. The van der Waals surface area contributed by atoms with E-state index in [1.54, 1.807) is 36.1 Å². The zero-order valence-corrected chi connectivity index (χ0v) is 20.5. The second kappa shape index (κ2) is 11.3. The molecule has 7 nitrogen and oxygen atoms in total. The van der Waals surface area contributed by atoms with Crippen molar-refractivity contribution in [2.75, 3.05) is 19.5 Å². The first-order valence-corrected chi connectivity index (χ1v) is 11.4. The molecule has 36 heavy (non-hydrogen) atoms. The Morgan fingerprint density at radius 3 is 2.50 bits per heavy atom. The van der Waals surface area contributed by atoms with Gasteiger partial charge in [-0.2, -0.15) is 10.4 Å². The van der Waals surface area contributed by atoms with Crippen LogP contribution in [-0.2, 0) is 11.3 Å². The van der Waals surface area contributed by atoms with Gasteiger partial charge in [-0.3, -0.25) is 9.48 Å². The summed E-state index contributed by atoms with van der Waals surface area (Å²) in [5.41, 5.74) is 3.54. The topological polar surface area (TPSA) is 89.2 Å². The number of nitrogens with one attached hydrogen (secondary N) is 1. The third-order valence-corrected chi connectivity index (χ3v) is 5.67. The highest BCUT2D eigenvalue weighted by atomic mass is 35.5. The van der Waals surface area contributed by atoms with Crippen molar-refractivity contribution in [1.82, 2.24) is 9.78 Å². The molecule has 0 aliphatic carbocycles. The molecule has 1 aromatic heterocycles. The minimum atomic E-state index is -0.564. The third-order valence-electron chi connectivity index (χ3n) is 5.42. The van der Waals surface area contributed by atoms with Gasteiger partial charge in [0.05, 0.1) is 32.1 Å². The van der Waals surface area contributed by atoms with Gasteiger partial charge in [0.15, 0.2) is 0 Å². The number of carbonyl (C=O) groups is 1. The normalized spacial score (nSPS) is 11.0. The van der Waals surface area contributed by atoms with Crippen molar-refractivity contribution in [3.63, 3.8) is 0 Å². The van der Waals surface area contributed by atoms with Crippen LogP contribution >= 0.6 is 11.6 Å². The fourth-order valence-electron chi connectivity index (χ4n) is 3.62. The van der Waals surface area contributed by atoms with E-state index in [1.807, 2.05) is 66.9 Å². The standard InChI is InChI=1S/C28H23ClN4O3/c1-35-24-12-13-25(26(15-24)36-2)31-28(34)21(16-30)14-22-18-33(17-19-8-10-23(29)11-9-19)32-27(22)20-6-4-3-5-7-20/h3-15,18H,17H2,1-2H3,(H,31,34). The Morgan fingerprint density at radius 2 is 1.83 bits per heavy atom. The van der Waals surface area contributed by atoms with E-state index < -0.39 is 5.91 Å².